The van der Waals surface area contributed by atoms with E-state index >= 15 is 0 Å². The minimum Gasteiger partial charge on any atom is -0.471 e. The molecule has 4 saturated carbocycles. The Hall–Kier alpha value is -2.30. The Kier molecular flexibility index (Phi) is 4.84. The van der Waals surface area contributed by atoms with E-state index in [4.69, 9.17) is 4.74 Å². The summed E-state index contributed by atoms with van der Waals surface area (Å²) in [7, 11) is 0. The van der Waals surface area contributed by atoms with E-state index in [1.807, 2.05) is 18.3 Å². The number of carbonyl (C=O) groups excluding carboxylic acids is 1. The maximum atomic E-state index is 12.8. The number of aromatic nitrogens is 2. The highest BCUT2D eigenvalue weighted by Gasteiger charge is 2.51. The number of hydrogen-bond acceptors (Lipinski definition) is 3. The third-order valence-corrected chi connectivity index (χ3v) is 7.31. The molecule has 4 fully saturated rings. The quantitative estimate of drug-likeness (QED) is 0.718. The number of nitrogens with zero attached hydrogens (tertiary/aromatic N) is 2. The topological polar surface area (TPSA) is 56.1 Å². The van der Waals surface area contributed by atoms with Crippen LogP contribution in [-0.2, 0) is 17.9 Å². The lowest BCUT2D eigenvalue weighted by Gasteiger charge is -2.56. The fourth-order valence-corrected chi connectivity index (χ4v) is 6.51. The van der Waals surface area contributed by atoms with Crippen LogP contribution in [0.2, 0.25) is 0 Å². The van der Waals surface area contributed by atoms with E-state index in [0.717, 1.165) is 35.6 Å². The lowest BCUT2D eigenvalue weighted by molar-refractivity contribution is -0.124. The van der Waals surface area contributed by atoms with E-state index in [2.05, 4.69) is 29.5 Å². The Labute approximate surface area is 172 Å². The Morgan fingerprint density at radius 1 is 1.14 bits per heavy atom. The van der Waals surface area contributed by atoms with E-state index in [9.17, 15) is 4.79 Å². The molecule has 0 unspecified atom stereocenters. The van der Waals surface area contributed by atoms with Crippen molar-refractivity contribution in [2.75, 3.05) is 5.32 Å². The summed E-state index contributed by atoms with van der Waals surface area (Å²) in [6.07, 6.45) is 13.3. The van der Waals surface area contributed by atoms with E-state index in [0.29, 0.717) is 13.2 Å². The van der Waals surface area contributed by atoms with Gasteiger partial charge in [0.15, 0.2) is 6.73 Å². The van der Waals surface area contributed by atoms with Gasteiger partial charge in [0.25, 0.3) is 0 Å². The van der Waals surface area contributed by atoms with Gasteiger partial charge < -0.3 is 10.1 Å². The molecule has 1 aromatic carbocycles. The predicted octanol–water partition coefficient (Wildman–Crippen LogP) is 5.03. The Balaban J connectivity index is 1.14. The third-order valence-electron chi connectivity index (χ3n) is 7.31. The fourth-order valence-electron chi connectivity index (χ4n) is 6.51. The van der Waals surface area contributed by atoms with Crippen LogP contribution in [0.15, 0.2) is 36.7 Å². The van der Waals surface area contributed by atoms with Crippen molar-refractivity contribution in [3.05, 3.63) is 42.2 Å². The summed E-state index contributed by atoms with van der Waals surface area (Å²) in [5.41, 5.74) is 2.31. The molecule has 4 aliphatic carbocycles. The summed E-state index contributed by atoms with van der Waals surface area (Å²) in [5.74, 6) is 3.59. The zero-order chi connectivity index (χ0) is 19.8. The molecule has 1 heterocycles. The number of amides is 1. The van der Waals surface area contributed by atoms with Crippen molar-refractivity contribution in [1.29, 1.82) is 0 Å². The molecule has 0 radical (unpaired) electrons. The van der Waals surface area contributed by atoms with E-state index < -0.39 is 0 Å². The van der Waals surface area contributed by atoms with Crippen LogP contribution in [0.3, 0.4) is 0 Å². The molecule has 0 atom stereocenters. The SMILES string of the molecule is CCc1ccc(OCn2cc(NC(=O)CC34CC5CC(CC(C5)C3)C4)cn2)cc1. The van der Waals surface area contributed by atoms with Crippen molar-refractivity contribution >= 4 is 11.6 Å². The van der Waals surface area contributed by atoms with Crippen molar-refractivity contribution < 1.29 is 9.53 Å². The van der Waals surface area contributed by atoms with Crippen LogP contribution in [-0.4, -0.2) is 15.7 Å². The van der Waals surface area contributed by atoms with Crippen LogP contribution in [0.5, 0.6) is 5.75 Å². The van der Waals surface area contributed by atoms with Gasteiger partial charge in [-0.1, -0.05) is 19.1 Å². The molecule has 1 amide bonds. The van der Waals surface area contributed by atoms with Crippen molar-refractivity contribution in [3.8, 4) is 5.75 Å². The molecule has 6 rings (SSSR count). The van der Waals surface area contributed by atoms with Crippen LogP contribution in [0.25, 0.3) is 0 Å². The van der Waals surface area contributed by atoms with Crippen molar-refractivity contribution in [2.24, 2.45) is 23.2 Å². The standard InChI is InChI=1S/C24H31N3O2/c1-2-17-3-5-22(6-4-17)29-16-27-15-21(14-25-27)26-23(28)13-24-10-18-7-19(11-24)9-20(8-18)12-24/h3-6,14-15,18-20H,2,7-13,16H2,1H3,(H,26,28). The van der Waals surface area contributed by atoms with Gasteiger partial charge in [-0.2, -0.15) is 5.10 Å². The number of hydrogen-bond donors (Lipinski definition) is 1. The van der Waals surface area contributed by atoms with E-state index in [1.54, 1.807) is 10.9 Å². The van der Waals surface area contributed by atoms with Crippen LogP contribution < -0.4 is 10.1 Å². The van der Waals surface area contributed by atoms with Crippen molar-refractivity contribution in [2.45, 2.75) is 65.0 Å². The molecule has 5 nitrogen and oxygen atoms in total. The second-order valence-electron chi connectivity index (χ2n) is 9.68. The Morgan fingerprint density at radius 2 is 1.79 bits per heavy atom. The lowest BCUT2D eigenvalue weighted by atomic mass is 9.49. The Bertz CT molecular complexity index is 835. The largest absolute Gasteiger partial charge is 0.471 e. The average molecular weight is 394 g/mol. The number of nitrogens with one attached hydrogen (secondary N) is 1. The summed E-state index contributed by atoms with van der Waals surface area (Å²) >= 11 is 0. The molecule has 4 bridgehead atoms. The molecule has 2 aromatic rings. The summed E-state index contributed by atoms with van der Waals surface area (Å²) < 4.78 is 7.50. The molecular weight excluding hydrogens is 362 g/mol. The van der Waals surface area contributed by atoms with Gasteiger partial charge in [-0.15, -0.1) is 0 Å². The van der Waals surface area contributed by atoms with E-state index in [-0.39, 0.29) is 11.3 Å². The van der Waals surface area contributed by atoms with Crippen LogP contribution in [0, 0.1) is 23.2 Å². The highest BCUT2D eigenvalue weighted by Crippen LogP contribution is 2.61. The maximum Gasteiger partial charge on any atom is 0.225 e. The van der Waals surface area contributed by atoms with Crippen LogP contribution >= 0.6 is 0 Å². The first-order valence-corrected chi connectivity index (χ1v) is 11.1. The molecule has 1 aromatic heterocycles. The summed E-state index contributed by atoms with van der Waals surface area (Å²) in [5, 5.41) is 7.39. The van der Waals surface area contributed by atoms with Gasteiger partial charge in [-0.05, 0) is 85.8 Å². The molecule has 1 N–H and O–H groups in total. The van der Waals surface area contributed by atoms with Gasteiger partial charge in [0, 0.05) is 6.42 Å². The monoisotopic (exact) mass is 393 g/mol. The molecule has 29 heavy (non-hydrogen) atoms. The summed E-state index contributed by atoms with van der Waals surface area (Å²) in [6, 6.07) is 8.12. The summed E-state index contributed by atoms with van der Waals surface area (Å²) in [6.45, 7) is 2.47. The molecular formula is C24H31N3O2. The smallest absolute Gasteiger partial charge is 0.225 e. The first-order chi connectivity index (χ1) is 14.1. The van der Waals surface area contributed by atoms with Gasteiger partial charge in [0.2, 0.25) is 5.91 Å². The second kappa shape index (κ2) is 7.51. The molecule has 0 spiro atoms. The molecule has 0 aliphatic heterocycles. The fraction of sp³-hybridized carbons (Fsp3) is 0.583. The predicted molar refractivity (Wildman–Crippen MR) is 113 cm³/mol. The van der Waals surface area contributed by atoms with E-state index in [1.165, 1.54) is 44.1 Å². The second-order valence-corrected chi connectivity index (χ2v) is 9.68. The zero-order valence-corrected chi connectivity index (χ0v) is 17.3. The number of ether oxygens (including phenoxy) is 1. The minimum absolute atomic E-state index is 0.141. The van der Waals surface area contributed by atoms with Crippen LogP contribution in [0.4, 0.5) is 5.69 Å². The van der Waals surface area contributed by atoms with Gasteiger partial charge in [0.05, 0.1) is 18.1 Å². The third kappa shape index (κ3) is 4.05. The van der Waals surface area contributed by atoms with Crippen molar-refractivity contribution in [3.63, 3.8) is 0 Å². The molecule has 154 valence electrons. The van der Waals surface area contributed by atoms with Gasteiger partial charge >= 0.3 is 0 Å². The highest BCUT2D eigenvalue weighted by atomic mass is 16.5. The number of rotatable bonds is 7. The zero-order valence-electron chi connectivity index (χ0n) is 17.3. The lowest BCUT2D eigenvalue weighted by Crippen LogP contribution is -2.47. The Morgan fingerprint density at radius 3 is 2.41 bits per heavy atom. The molecule has 4 aliphatic rings. The number of carbonyl (C=O) groups is 1. The summed E-state index contributed by atoms with van der Waals surface area (Å²) in [4.78, 5) is 12.8. The first-order valence-electron chi connectivity index (χ1n) is 11.1. The van der Waals surface area contributed by atoms with Gasteiger partial charge in [0.1, 0.15) is 5.75 Å². The maximum absolute atomic E-state index is 12.8. The number of anilines is 1. The number of aryl methyl sites for hydroxylation is 1. The first kappa shape index (κ1) is 18.7. The van der Waals surface area contributed by atoms with Crippen molar-refractivity contribution in [1.82, 2.24) is 9.78 Å². The average Bonchev–Trinajstić information content (AvgIpc) is 3.12. The molecule has 5 heteroatoms. The van der Waals surface area contributed by atoms with Gasteiger partial charge in [-0.3, -0.25) is 4.79 Å². The normalized spacial score (nSPS) is 29.8. The minimum atomic E-state index is 0.141. The van der Waals surface area contributed by atoms with Gasteiger partial charge in [-0.25, -0.2) is 4.68 Å². The number of benzene rings is 1. The highest BCUT2D eigenvalue weighted by molar-refractivity contribution is 5.90. The van der Waals surface area contributed by atoms with Crippen LogP contribution in [0.1, 0.15) is 57.4 Å². The molecule has 0 saturated heterocycles.